The summed E-state index contributed by atoms with van der Waals surface area (Å²) in [4.78, 5) is 25.2. The average molecular weight is 541 g/mol. The quantitative estimate of drug-likeness (QED) is 0.259. The van der Waals surface area contributed by atoms with Gasteiger partial charge in [-0.15, -0.1) is 0 Å². The summed E-state index contributed by atoms with van der Waals surface area (Å²) in [6, 6.07) is 7.31. The van der Waals surface area contributed by atoms with Gasteiger partial charge in [-0.3, -0.25) is 15.0 Å². The third kappa shape index (κ3) is 5.24. The van der Waals surface area contributed by atoms with Crippen molar-refractivity contribution in [1.82, 2.24) is 14.7 Å². The maximum atomic E-state index is 15.6. The first-order chi connectivity index (χ1) is 18.2. The molecule has 3 aromatic rings. The Bertz CT molecular complexity index is 1430. The zero-order valence-corrected chi connectivity index (χ0v) is 23.4. The Morgan fingerprint density at radius 2 is 1.74 bits per heavy atom. The van der Waals surface area contributed by atoms with Crippen molar-refractivity contribution in [1.29, 1.82) is 0 Å². The lowest BCUT2D eigenvalue weighted by molar-refractivity contribution is -0.387. The maximum Gasteiger partial charge on any atom is 0.411 e. The number of ether oxygens (including phenoxy) is 1. The largest absolute Gasteiger partial charge is 0.444 e. The summed E-state index contributed by atoms with van der Waals surface area (Å²) >= 11 is 0. The number of fused-ring (bicyclic) bond motifs is 1. The van der Waals surface area contributed by atoms with Crippen LogP contribution in [-0.2, 0) is 30.5 Å². The van der Waals surface area contributed by atoms with Crippen molar-refractivity contribution in [2.24, 2.45) is 0 Å². The fraction of sp³-hybridized carbons (Fsp3) is 0.448. The molecule has 0 radical (unpaired) electrons. The zero-order valence-electron chi connectivity index (χ0n) is 23.4. The van der Waals surface area contributed by atoms with E-state index in [1.54, 1.807) is 30.4 Å². The van der Waals surface area contributed by atoms with Crippen LogP contribution in [0.5, 0.6) is 0 Å². The number of nitrogens with zero attached hydrogens (tertiary/aromatic N) is 4. The van der Waals surface area contributed by atoms with Crippen molar-refractivity contribution >= 4 is 11.8 Å². The molecule has 4 rings (SSSR count). The molecule has 8 nitrogen and oxygen atoms in total. The molecule has 0 N–H and O–H groups in total. The Labute approximate surface area is 226 Å². The van der Waals surface area contributed by atoms with Gasteiger partial charge >= 0.3 is 11.8 Å². The van der Waals surface area contributed by atoms with Crippen LogP contribution in [-0.4, -0.2) is 36.8 Å². The van der Waals surface area contributed by atoms with Crippen molar-refractivity contribution < 1.29 is 23.2 Å². The Morgan fingerprint density at radius 3 is 2.28 bits per heavy atom. The number of aromatic nitrogens is 2. The summed E-state index contributed by atoms with van der Waals surface area (Å²) in [5.74, 6) is -2.11. The Hall–Kier alpha value is -3.82. The first-order valence-corrected chi connectivity index (χ1v) is 13.0. The number of aryl methyl sites for hydroxylation is 2. The van der Waals surface area contributed by atoms with Gasteiger partial charge in [0.05, 0.1) is 34.6 Å². The number of para-hydroxylation sites is 1. The molecule has 2 heterocycles. The monoisotopic (exact) mass is 540 g/mol. The predicted molar refractivity (Wildman–Crippen MR) is 144 cm³/mol. The minimum Gasteiger partial charge on any atom is -0.444 e. The fourth-order valence-corrected chi connectivity index (χ4v) is 5.09. The molecular weight excluding hydrogens is 506 g/mol. The lowest BCUT2D eigenvalue weighted by atomic mass is 9.88. The molecule has 208 valence electrons. The number of carbonyl (C=O) groups excluding carboxylic acids is 1. The second-order valence-electron chi connectivity index (χ2n) is 11.4. The normalized spacial score (nSPS) is 14.7. The SMILES string of the molecule is CCc1cccc(CC)c1-n1nc2c(c1-c1cc(F)c([N+](=O)[O-])cc1F)CN(C(=O)OC(C)(C)C)C(C)(C)C2. The number of rotatable bonds is 5. The number of halogens is 2. The molecular formula is C29H34F2N4O4. The summed E-state index contributed by atoms with van der Waals surface area (Å²) in [6.45, 7) is 13.2. The molecule has 0 spiro atoms. The van der Waals surface area contributed by atoms with E-state index in [4.69, 9.17) is 9.84 Å². The highest BCUT2D eigenvalue weighted by molar-refractivity contribution is 5.74. The summed E-state index contributed by atoms with van der Waals surface area (Å²) in [5.41, 5.74) is 1.60. The van der Waals surface area contributed by atoms with Gasteiger partial charge in [-0.1, -0.05) is 32.0 Å². The van der Waals surface area contributed by atoms with Crippen LogP contribution in [0.1, 0.15) is 70.9 Å². The second-order valence-corrected chi connectivity index (χ2v) is 11.4. The minimum atomic E-state index is -1.16. The lowest BCUT2D eigenvalue weighted by Gasteiger charge is -2.42. The van der Waals surface area contributed by atoms with E-state index in [1.807, 2.05) is 45.9 Å². The van der Waals surface area contributed by atoms with Crippen molar-refractivity contribution in [2.75, 3.05) is 0 Å². The van der Waals surface area contributed by atoms with Gasteiger partial charge < -0.3 is 4.74 Å². The highest BCUT2D eigenvalue weighted by atomic mass is 19.1. The molecule has 0 bridgehead atoms. The summed E-state index contributed by atoms with van der Waals surface area (Å²) in [6.07, 6.45) is 1.14. The molecule has 0 fully saturated rings. The van der Waals surface area contributed by atoms with E-state index in [-0.39, 0.29) is 17.8 Å². The van der Waals surface area contributed by atoms with E-state index >= 15 is 4.39 Å². The van der Waals surface area contributed by atoms with Crippen LogP contribution in [0.4, 0.5) is 19.3 Å². The summed E-state index contributed by atoms with van der Waals surface area (Å²) in [5, 5.41) is 16.2. The first kappa shape index (κ1) is 28.2. The molecule has 0 saturated heterocycles. The Kier molecular flexibility index (Phi) is 7.27. The lowest BCUT2D eigenvalue weighted by Crippen LogP contribution is -2.52. The van der Waals surface area contributed by atoms with Gasteiger partial charge in [-0.25, -0.2) is 13.9 Å². The second kappa shape index (κ2) is 10.1. The molecule has 1 amide bonds. The molecule has 0 saturated carbocycles. The third-order valence-corrected chi connectivity index (χ3v) is 6.99. The highest BCUT2D eigenvalue weighted by Gasteiger charge is 2.42. The number of hydrogen-bond donors (Lipinski definition) is 0. The Balaban J connectivity index is 2.03. The molecule has 2 aromatic carbocycles. The van der Waals surface area contributed by atoms with Crippen LogP contribution in [0.2, 0.25) is 0 Å². The smallest absolute Gasteiger partial charge is 0.411 e. The number of carbonyl (C=O) groups is 1. The third-order valence-electron chi connectivity index (χ3n) is 6.99. The van der Waals surface area contributed by atoms with E-state index in [2.05, 4.69) is 0 Å². The van der Waals surface area contributed by atoms with Crippen molar-refractivity contribution in [3.63, 3.8) is 0 Å². The maximum absolute atomic E-state index is 15.6. The van der Waals surface area contributed by atoms with Crippen LogP contribution in [0.15, 0.2) is 30.3 Å². The van der Waals surface area contributed by atoms with Crippen LogP contribution in [0, 0.1) is 21.7 Å². The molecule has 1 aliphatic heterocycles. The van der Waals surface area contributed by atoms with Crippen LogP contribution in [0.25, 0.3) is 16.9 Å². The van der Waals surface area contributed by atoms with Crippen LogP contribution >= 0.6 is 0 Å². The van der Waals surface area contributed by atoms with E-state index in [9.17, 15) is 19.3 Å². The van der Waals surface area contributed by atoms with Gasteiger partial charge in [0.2, 0.25) is 5.82 Å². The molecule has 0 atom stereocenters. The van der Waals surface area contributed by atoms with Gasteiger partial charge in [-0.2, -0.15) is 9.49 Å². The van der Waals surface area contributed by atoms with Crippen molar-refractivity contribution in [2.45, 2.75) is 85.4 Å². The predicted octanol–water partition coefficient (Wildman–Crippen LogP) is 6.92. The number of nitro benzene ring substituents is 1. The van der Waals surface area contributed by atoms with Crippen LogP contribution in [0.3, 0.4) is 0 Å². The van der Waals surface area contributed by atoms with Gasteiger partial charge in [0.1, 0.15) is 11.4 Å². The molecule has 1 aromatic heterocycles. The van der Waals surface area contributed by atoms with E-state index in [1.165, 1.54) is 0 Å². The van der Waals surface area contributed by atoms with E-state index in [0.717, 1.165) is 22.9 Å². The number of nitro groups is 1. The zero-order chi connectivity index (χ0) is 28.9. The number of benzene rings is 2. The van der Waals surface area contributed by atoms with Crippen LogP contribution < -0.4 is 0 Å². The molecule has 1 aliphatic rings. The fourth-order valence-electron chi connectivity index (χ4n) is 5.09. The highest BCUT2D eigenvalue weighted by Crippen LogP contribution is 2.41. The van der Waals surface area contributed by atoms with Crippen molar-refractivity contribution in [3.05, 3.63) is 74.5 Å². The summed E-state index contributed by atoms with van der Waals surface area (Å²) in [7, 11) is 0. The standard InChI is InChI=1S/C29H34F2N4O4/c1-8-17-11-10-12-18(9-2)25(17)34-26(19-13-22(31)24(35(37)38)14-21(19)30)20-16-33(27(36)39-28(3,4)5)29(6,7)15-23(20)32-34/h10-14H,8-9,15-16H2,1-7H3. The van der Waals surface area contributed by atoms with E-state index < -0.39 is 39.5 Å². The first-order valence-electron chi connectivity index (χ1n) is 13.0. The van der Waals surface area contributed by atoms with Gasteiger partial charge in [0.15, 0.2) is 0 Å². The molecule has 39 heavy (non-hydrogen) atoms. The van der Waals surface area contributed by atoms with Crippen molar-refractivity contribution in [3.8, 4) is 16.9 Å². The average Bonchev–Trinajstić information content (AvgIpc) is 3.18. The van der Waals surface area contributed by atoms with Gasteiger partial charge in [0.25, 0.3) is 0 Å². The van der Waals surface area contributed by atoms with Gasteiger partial charge in [-0.05, 0) is 64.7 Å². The van der Waals surface area contributed by atoms with E-state index in [0.29, 0.717) is 36.6 Å². The minimum absolute atomic E-state index is 0.0420. The molecule has 0 unspecified atom stereocenters. The number of amides is 1. The molecule has 0 aliphatic carbocycles. The topological polar surface area (TPSA) is 90.5 Å². The Morgan fingerprint density at radius 1 is 1.13 bits per heavy atom. The number of hydrogen-bond acceptors (Lipinski definition) is 5. The summed E-state index contributed by atoms with van der Waals surface area (Å²) < 4.78 is 37.8. The molecule has 10 heteroatoms. The van der Waals surface area contributed by atoms with Gasteiger partial charge in [0, 0.05) is 23.1 Å².